The van der Waals surface area contributed by atoms with E-state index in [1.165, 1.54) is 60.3 Å². The molecule has 11 rings (SSSR count). The molecule has 0 atom stereocenters. The maximum absolute atomic E-state index is 6.44. The van der Waals surface area contributed by atoms with E-state index in [0.29, 0.717) is 0 Å². The summed E-state index contributed by atoms with van der Waals surface area (Å²) in [5.74, 6) is 0. The first kappa shape index (κ1) is 21.5. The molecule has 0 unspecified atom stereocenters. The van der Waals surface area contributed by atoms with Gasteiger partial charge >= 0.3 is 0 Å². The minimum absolute atomic E-state index is 0.134. The Labute approximate surface area is 239 Å². The standard InChI is InChI=1S/C39H23NO2/c1-39(2)29-12-6-3-9-20(29)26-15-27-23-18-34-24(21-10-4-7-13-32(21)41-34)16-30(23)40-31-17-25-22-11-5-8-14-33(22)42-35(25)19-28(31)36(37(26)39)38(27)40/h3-19H,1-2H3. The zero-order chi connectivity index (χ0) is 27.5. The quantitative estimate of drug-likeness (QED) is 0.193. The molecular weight excluding hydrogens is 514 g/mol. The van der Waals surface area contributed by atoms with Crippen LogP contribution in [0.15, 0.2) is 112 Å². The van der Waals surface area contributed by atoms with Crippen LogP contribution in [0.25, 0.3) is 93.1 Å². The lowest BCUT2D eigenvalue weighted by atomic mass is 9.80. The molecule has 0 spiro atoms. The number of benzene rings is 6. The second-order valence-corrected chi connectivity index (χ2v) is 12.5. The van der Waals surface area contributed by atoms with Gasteiger partial charge in [0.2, 0.25) is 0 Å². The molecule has 4 heterocycles. The van der Waals surface area contributed by atoms with Crippen LogP contribution >= 0.6 is 0 Å². The molecule has 0 N–H and O–H groups in total. The Morgan fingerprint density at radius 1 is 0.500 bits per heavy atom. The predicted octanol–water partition coefficient (Wildman–Crippen LogP) is 10.9. The number of fused-ring (bicyclic) bond motifs is 16. The second kappa shape index (κ2) is 6.78. The highest BCUT2D eigenvalue weighted by molar-refractivity contribution is 6.29. The highest BCUT2D eigenvalue weighted by Gasteiger charge is 2.39. The number of para-hydroxylation sites is 2. The normalized spacial score (nSPS) is 14.6. The van der Waals surface area contributed by atoms with Crippen molar-refractivity contribution in [1.82, 2.24) is 4.40 Å². The van der Waals surface area contributed by atoms with Crippen molar-refractivity contribution in [2.75, 3.05) is 0 Å². The molecule has 0 saturated carbocycles. The van der Waals surface area contributed by atoms with Crippen LogP contribution in [0.4, 0.5) is 0 Å². The van der Waals surface area contributed by atoms with Crippen LogP contribution in [-0.4, -0.2) is 4.40 Å². The van der Waals surface area contributed by atoms with E-state index in [9.17, 15) is 0 Å². The lowest BCUT2D eigenvalue weighted by Crippen LogP contribution is -2.15. The predicted molar refractivity (Wildman–Crippen MR) is 173 cm³/mol. The number of aromatic nitrogens is 1. The van der Waals surface area contributed by atoms with Crippen LogP contribution in [0.5, 0.6) is 0 Å². The van der Waals surface area contributed by atoms with Crippen molar-refractivity contribution in [2.45, 2.75) is 19.3 Å². The summed E-state index contributed by atoms with van der Waals surface area (Å²) in [6.07, 6.45) is 0. The van der Waals surface area contributed by atoms with Crippen LogP contribution in [0.1, 0.15) is 25.0 Å². The van der Waals surface area contributed by atoms with Crippen LogP contribution in [0.2, 0.25) is 0 Å². The first-order chi connectivity index (χ1) is 20.6. The summed E-state index contributed by atoms with van der Waals surface area (Å²) in [6.45, 7) is 4.76. The molecule has 0 radical (unpaired) electrons. The highest BCUT2D eigenvalue weighted by atomic mass is 16.3. The minimum atomic E-state index is -0.134. The summed E-state index contributed by atoms with van der Waals surface area (Å²) in [4.78, 5) is 0. The summed E-state index contributed by atoms with van der Waals surface area (Å²) < 4.78 is 15.3. The van der Waals surface area contributed by atoms with Crippen molar-refractivity contribution in [3.05, 3.63) is 114 Å². The third kappa shape index (κ3) is 2.28. The summed E-state index contributed by atoms with van der Waals surface area (Å²) in [6, 6.07) is 37.4. The summed E-state index contributed by atoms with van der Waals surface area (Å²) >= 11 is 0. The van der Waals surface area contributed by atoms with Crippen molar-refractivity contribution in [3.63, 3.8) is 0 Å². The van der Waals surface area contributed by atoms with E-state index < -0.39 is 0 Å². The average molecular weight is 538 g/mol. The fourth-order valence-corrected chi connectivity index (χ4v) is 8.31. The average Bonchev–Trinajstić information content (AvgIpc) is 3.78. The zero-order valence-electron chi connectivity index (χ0n) is 23.1. The van der Waals surface area contributed by atoms with Crippen molar-refractivity contribution < 1.29 is 8.83 Å². The Morgan fingerprint density at radius 2 is 1.10 bits per heavy atom. The van der Waals surface area contributed by atoms with E-state index >= 15 is 0 Å². The number of furan rings is 2. The van der Waals surface area contributed by atoms with Gasteiger partial charge in [0.1, 0.15) is 22.3 Å². The maximum atomic E-state index is 6.44. The maximum Gasteiger partial charge on any atom is 0.136 e. The molecule has 1 aliphatic rings. The molecule has 3 nitrogen and oxygen atoms in total. The summed E-state index contributed by atoms with van der Waals surface area (Å²) in [5, 5.41) is 9.69. The van der Waals surface area contributed by atoms with Crippen molar-refractivity contribution in [2.24, 2.45) is 0 Å². The molecule has 0 fully saturated rings. The Hall–Kier alpha value is -5.28. The molecule has 1 aliphatic carbocycles. The van der Waals surface area contributed by atoms with Gasteiger partial charge in [-0.25, -0.2) is 0 Å². The van der Waals surface area contributed by atoms with E-state index in [1.54, 1.807) is 0 Å². The van der Waals surface area contributed by atoms with Gasteiger partial charge in [-0.05, 0) is 64.7 Å². The van der Waals surface area contributed by atoms with Crippen molar-refractivity contribution in [3.8, 4) is 11.1 Å². The van der Waals surface area contributed by atoms with Gasteiger partial charge < -0.3 is 13.2 Å². The molecule has 3 heteroatoms. The fraction of sp³-hybridized carbons (Fsp3) is 0.0769. The van der Waals surface area contributed by atoms with E-state index in [0.717, 1.165) is 43.9 Å². The molecule has 0 bridgehead atoms. The first-order valence-electron chi connectivity index (χ1n) is 14.6. The van der Waals surface area contributed by atoms with Crippen molar-refractivity contribution in [1.29, 1.82) is 0 Å². The third-order valence-corrected chi connectivity index (χ3v) is 10.1. The van der Waals surface area contributed by atoms with Gasteiger partial charge in [-0.3, -0.25) is 0 Å². The van der Waals surface area contributed by atoms with Crippen LogP contribution < -0.4 is 0 Å². The molecular formula is C39H23NO2. The number of rotatable bonds is 0. The minimum Gasteiger partial charge on any atom is -0.456 e. The molecule has 196 valence electrons. The van der Waals surface area contributed by atoms with E-state index in [4.69, 9.17) is 8.83 Å². The molecule has 42 heavy (non-hydrogen) atoms. The lowest BCUT2D eigenvalue weighted by molar-refractivity contribution is 0.666. The van der Waals surface area contributed by atoms with Crippen molar-refractivity contribution >= 4 is 82.0 Å². The SMILES string of the molecule is CC1(C)c2ccccc2-c2cc3c4cc5oc6ccccc6c5cc4n4c5cc6c(cc5c(c21)c34)oc1ccccc16. The molecule has 6 aromatic carbocycles. The van der Waals surface area contributed by atoms with Gasteiger partial charge in [0, 0.05) is 48.5 Å². The van der Waals surface area contributed by atoms with Gasteiger partial charge in [0.15, 0.2) is 0 Å². The monoisotopic (exact) mass is 537 g/mol. The van der Waals surface area contributed by atoms with E-state index in [1.807, 2.05) is 12.1 Å². The highest BCUT2D eigenvalue weighted by Crippen LogP contribution is 2.56. The Morgan fingerprint density at radius 3 is 1.81 bits per heavy atom. The number of nitrogens with zero attached hydrogens (tertiary/aromatic N) is 1. The van der Waals surface area contributed by atoms with Gasteiger partial charge in [0.25, 0.3) is 0 Å². The summed E-state index contributed by atoms with van der Waals surface area (Å²) in [5.41, 5.74) is 12.8. The van der Waals surface area contributed by atoms with Gasteiger partial charge in [-0.2, -0.15) is 0 Å². The van der Waals surface area contributed by atoms with Crippen LogP contribution in [0, 0.1) is 0 Å². The first-order valence-corrected chi connectivity index (χ1v) is 14.6. The van der Waals surface area contributed by atoms with Crippen LogP contribution in [0.3, 0.4) is 0 Å². The van der Waals surface area contributed by atoms with Gasteiger partial charge in [-0.1, -0.05) is 74.5 Å². The Bertz CT molecular complexity index is 2820. The van der Waals surface area contributed by atoms with Gasteiger partial charge in [-0.15, -0.1) is 0 Å². The molecule has 4 aromatic heterocycles. The molecule has 10 aromatic rings. The van der Waals surface area contributed by atoms with E-state index in [2.05, 4.69) is 109 Å². The number of hydrogen-bond acceptors (Lipinski definition) is 2. The van der Waals surface area contributed by atoms with Crippen LogP contribution in [-0.2, 0) is 5.41 Å². The Kier molecular flexibility index (Phi) is 3.46. The van der Waals surface area contributed by atoms with E-state index in [-0.39, 0.29) is 5.41 Å². The number of hydrogen-bond donors (Lipinski definition) is 0. The largest absolute Gasteiger partial charge is 0.456 e. The zero-order valence-corrected chi connectivity index (χ0v) is 23.1. The fourth-order valence-electron chi connectivity index (χ4n) is 8.31. The second-order valence-electron chi connectivity index (χ2n) is 12.5. The smallest absolute Gasteiger partial charge is 0.136 e. The third-order valence-electron chi connectivity index (χ3n) is 10.1. The molecule has 0 amide bonds. The topological polar surface area (TPSA) is 30.7 Å². The lowest BCUT2D eigenvalue weighted by Gasteiger charge is -2.22. The molecule has 0 aliphatic heterocycles. The summed E-state index contributed by atoms with van der Waals surface area (Å²) in [7, 11) is 0. The van der Waals surface area contributed by atoms with Gasteiger partial charge in [0.05, 0.1) is 16.6 Å². The molecule has 0 saturated heterocycles. The Balaban J connectivity index is 1.44.